The number of nitrogens with one attached hydrogen (secondary N) is 1. The van der Waals surface area contributed by atoms with E-state index in [0.29, 0.717) is 22.8 Å². The zero-order valence-corrected chi connectivity index (χ0v) is 19.8. The molecular formula is C25H28N2O7. The van der Waals surface area contributed by atoms with E-state index < -0.39 is 35.3 Å². The predicted molar refractivity (Wildman–Crippen MR) is 122 cm³/mol. The maximum atomic E-state index is 13.4. The smallest absolute Gasteiger partial charge is 0.327 e. The van der Waals surface area contributed by atoms with Crippen molar-refractivity contribution >= 4 is 17.8 Å². The predicted octanol–water partition coefficient (Wildman–Crippen LogP) is 1.74. The van der Waals surface area contributed by atoms with Crippen molar-refractivity contribution in [1.29, 1.82) is 0 Å². The van der Waals surface area contributed by atoms with Gasteiger partial charge in [-0.3, -0.25) is 24.6 Å². The Balaban J connectivity index is 1.94. The zero-order valence-electron chi connectivity index (χ0n) is 19.8. The molecule has 4 atom stereocenters. The van der Waals surface area contributed by atoms with E-state index in [1.54, 1.807) is 12.1 Å². The van der Waals surface area contributed by atoms with Gasteiger partial charge < -0.3 is 18.9 Å². The Labute approximate surface area is 197 Å². The average Bonchev–Trinajstić information content (AvgIpc) is 3.32. The van der Waals surface area contributed by atoms with E-state index >= 15 is 0 Å². The Bertz CT molecular complexity index is 1090. The van der Waals surface area contributed by atoms with Gasteiger partial charge in [0.05, 0.1) is 51.9 Å². The summed E-state index contributed by atoms with van der Waals surface area (Å²) < 4.78 is 21.8. The fourth-order valence-corrected chi connectivity index (χ4v) is 5.26. The molecule has 180 valence electrons. The molecule has 0 bridgehead atoms. The van der Waals surface area contributed by atoms with Crippen LogP contribution in [0.2, 0.25) is 0 Å². The van der Waals surface area contributed by atoms with Crippen LogP contribution in [0.15, 0.2) is 42.5 Å². The highest BCUT2D eigenvalue weighted by atomic mass is 16.5. The van der Waals surface area contributed by atoms with Crippen LogP contribution in [0.3, 0.4) is 0 Å². The lowest BCUT2D eigenvalue weighted by molar-refractivity contribution is -0.153. The van der Waals surface area contributed by atoms with Crippen molar-refractivity contribution in [3.63, 3.8) is 0 Å². The Morgan fingerprint density at radius 3 is 2.12 bits per heavy atom. The van der Waals surface area contributed by atoms with E-state index in [4.69, 9.17) is 18.9 Å². The number of rotatable bonds is 7. The molecule has 0 radical (unpaired) electrons. The summed E-state index contributed by atoms with van der Waals surface area (Å²) in [7, 11) is 7.23. The fourth-order valence-electron chi connectivity index (χ4n) is 5.26. The second-order valence-corrected chi connectivity index (χ2v) is 8.43. The highest BCUT2D eigenvalue weighted by Gasteiger charge is 2.68. The quantitative estimate of drug-likeness (QED) is 0.484. The van der Waals surface area contributed by atoms with Gasteiger partial charge in [0, 0.05) is 25.6 Å². The van der Waals surface area contributed by atoms with Gasteiger partial charge in [0.25, 0.3) is 0 Å². The van der Waals surface area contributed by atoms with Crippen molar-refractivity contribution in [1.82, 2.24) is 10.2 Å². The molecule has 34 heavy (non-hydrogen) atoms. The molecule has 2 fully saturated rings. The number of esters is 1. The van der Waals surface area contributed by atoms with E-state index in [0.717, 1.165) is 10.5 Å². The van der Waals surface area contributed by atoms with Crippen molar-refractivity contribution in [2.45, 2.75) is 18.0 Å². The molecule has 9 heteroatoms. The lowest BCUT2D eigenvalue weighted by Crippen LogP contribution is -2.57. The molecule has 0 aromatic heterocycles. The number of methoxy groups -OCH3 is 4. The molecule has 2 heterocycles. The number of likely N-dealkylation sites (tertiary alicyclic amines) is 1. The molecular weight excluding hydrogens is 440 g/mol. The van der Waals surface area contributed by atoms with Gasteiger partial charge in [-0.2, -0.15) is 0 Å². The molecule has 2 saturated heterocycles. The van der Waals surface area contributed by atoms with Gasteiger partial charge in [-0.25, -0.2) is 0 Å². The normalized spacial score (nSPS) is 25.8. The number of hydrogen-bond acceptors (Lipinski definition) is 8. The van der Waals surface area contributed by atoms with Crippen LogP contribution in [-0.4, -0.2) is 63.7 Å². The average molecular weight is 469 g/mol. The molecule has 0 saturated carbocycles. The van der Waals surface area contributed by atoms with E-state index in [1.165, 1.54) is 35.5 Å². The van der Waals surface area contributed by atoms with E-state index in [1.807, 2.05) is 30.3 Å². The fraction of sp³-hybridized carbons (Fsp3) is 0.400. The van der Waals surface area contributed by atoms with Crippen molar-refractivity contribution in [2.24, 2.45) is 11.8 Å². The highest BCUT2D eigenvalue weighted by Crippen LogP contribution is 2.53. The second-order valence-electron chi connectivity index (χ2n) is 8.43. The summed E-state index contributed by atoms with van der Waals surface area (Å²) in [6.07, 6.45) is 0.159. The number of fused-ring (bicyclic) bond motifs is 1. The number of benzene rings is 2. The van der Waals surface area contributed by atoms with Gasteiger partial charge in [0.15, 0.2) is 0 Å². The number of ether oxygens (including phenoxy) is 4. The van der Waals surface area contributed by atoms with Gasteiger partial charge in [-0.1, -0.05) is 30.3 Å². The largest absolute Gasteiger partial charge is 0.496 e. The van der Waals surface area contributed by atoms with Gasteiger partial charge in [-0.15, -0.1) is 0 Å². The van der Waals surface area contributed by atoms with Crippen LogP contribution in [0, 0.1) is 11.8 Å². The first-order valence-corrected chi connectivity index (χ1v) is 10.8. The standard InChI is InChI=1S/C25H28N2O7/c1-27-22(28)19-20(23(27)29)25(24(30)34-5,13-14-9-7-6-8-10-14)26-21(19)18-16(32-3)11-15(31-2)12-17(18)33-4/h6-12,19-21,26H,13H2,1-5H3/t19-,20-,21-,25-/m1/s1. The van der Waals surface area contributed by atoms with Gasteiger partial charge in [0.1, 0.15) is 22.8 Å². The zero-order chi connectivity index (χ0) is 24.6. The minimum Gasteiger partial charge on any atom is -0.496 e. The molecule has 0 spiro atoms. The summed E-state index contributed by atoms with van der Waals surface area (Å²) >= 11 is 0. The lowest BCUT2D eigenvalue weighted by atomic mass is 9.76. The molecule has 2 aromatic carbocycles. The van der Waals surface area contributed by atoms with Crippen LogP contribution < -0.4 is 19.5 Å². The van der Waals surface area contributed by atoms with Crippen LogP contribution in [0.5, 0.6) is 17.2 Å². The van der Waals surface area contributed by atoms with Crippen molar-refractivity contribution in [3.8, 4) is 17.2 Å². The minimum atomic E-state index is -1.47. The molecule has 4 rings (SSSR count). The van der Waals surface area contributed by atoms with Crippen molar-refractivity contribution in [3.05, 3.63) is 53.6 Å². The number of hydrogen-bond donors (Lipinski definition) is 1. The first-order chi connectivity index (χ1) is 16.3. The molecule has 9 nitrogen and oxygen atoms in total. The Hall–Kier alpha value is -3.59. The van der Waals surface area contributed by atoms with Gasteiger partial charge in [-0.05, 0) is 5.56 Å². The monoisotopic (exact) mass is 468 g/mol. The molecule has 0 aliphatic carbocycles. The Morgan fingerprint density at radius 1 is 0.971 bits per heavy atom. The third-order valence-electron chi connectivity index (χ3n) is 6.81. The van der Waals surface area contributed by atoms with Crippen molar-refractivity contribution in [2.75, 3.05) is 35.5 Å². The van der Waals surface area contributed by atoms with E-state index in [9.17, 15) is 14.4 Å². The molecule has 2 aliphatic rings. The van der Waals surface area contributed by atoms with Crippen LogP contribution in [0.4, 0.5) is 0 Å². The summed E-state index contributed by atoms with van der Waals surface area (Å²) in [6, 6.07) is 11.9. The van der Waals surface area contributed by atoms with E-state index in [-0.39, 0.29) is 12.3 Å². The molecule has 2 amide bonds. The Morgan fingerprint density at radius 2 is 1.59 bits per heavy atom. The first kappa shape index (κ1) is 23.6. The number of imide groups is 1. The molecule has 0 unspecified atom stereocenters. The summed E-state index contributed by atoms with van der Waals surface area (Å²) in [5.74, 6) is -1.96. The number of carbonyl (C=O) groups excluding carboxylic acids is 3. The van der Waals surface area contributed by atoms with Crippen LogP contribution in [0.25, 0.3) is 0 Å². The van der Waals surface area contributed by atoms with Gasteiger partial charge in [0.2, 0.25) is 11.8 Å². The summed E-state index contributed by atoms with van der Waals surface area (Å²) in [6.45, 7) is 0. The molecule has 2 aliphatic heterocycles. The number of amides is 2. The maximum absolute atomic E-state index is 13.4. The van der Waals surface area contributed by atoms with Crippen LogP contribution in [0.1, 0.15) is 17.2 Å². The Kier molecular flexibility index (Phi) is 6.22. The minimum absolute atomic E-state index is 0.159. The molecule has 2 aromatic rings. The first-order valence-electron chi connectivity index (χ1n) is 10.8. The topological polar surface area (TPSA) is 103 Å². The summed E-state index contributed by atoms with van der Waals surface area (Å²) in [4.78, 5) is 41.2. The third-order valence-corrected chi connectivity index (χ3v) is 6.81. The highest BCUT2D eigenvalue weighted by molar-refractivity contribution is 6.09. The summed E-state index contributed by atoms with van der Waals surface area (Å²) in [5.41, 5.74) is -0.127. The van der Waals surface area contributed by atoms with Gasteiger partial charge >= 0.3 is 5.97 Å². The van der Waals surface area contributed by atoms with Crippen LogP contribution >= 0.6 is 0 Å². The lowest BCUT2D eigenvalue weighted by Gasteiger charge is -2.32. The van der Waals surface area contributed by atoms with E-state index in [2.05, 4.69) is 5.32 Å². The summed E-state index contributed by atoms with van der Waals surface area (Å²) in [5, 5.41) is 3.35. The third kappa shape index (κ3) is 3.47. The second kappa shape index (κ2) is 8.98. The number of nitrogens with zero attached hydrogens (tertiary/aromatic N) is 1. The molecule has 1 N–H and O–H groups in total. The number of carbonyl (C=O) groups is 3. The van der Waals surface area contributed by atoms with Crippen molar-refractivity contribution < 1.29 is 33.3 Å². The SMILES string of the molecule is COC(=O)[C@]1(Cc2ccccc2)N[C@H](c2c(OC)cc(OC)cc2OC)[C@@H]2C(=O)N(C)C(=O)[C@@H]21. The maximum Gasteiger partial charge on any atom is 0.327 e. The van der Waals surface area contributed by atoms with Crippen LogP contribution in [-0.2, 0) is 25.5 Å².